The maximum atomic E-state index is 10.7. The number of carbonyl (C=O) groups excluding carboxylic acids is 1. The van der Waals surface area contributed by atoms with Crippen molar-refractivity contribution < 1.29 is 4.79 Å². The molecule has 0 unspecified atom stereocenters. The van der Waals surface area contributed by atoms with Crippen LogP contribution in [-0.2, 0) is 4.79 Å². The summed E-state index contributed by atoms with van der Waals surface area (Å²) in [5, 5.41) is 3.91. The topological polar surface area (TPSA) is 34.4 Å². The zero-order valence-electron chi connectivity index (χ0n) is 9.49. The Labute approximate surface area is 86.9 Å². The Hall–Kier alpha value is -0.570. The summed E-state index contributed by atoms with van der Waals surface area (Å²) in [5.74, 6) is -0.0534. The van der Waals surface area contributed by atoms with E-state index in [-0.39, 0.29) is 5.91 Å². The van der Waals surface area contributed by atoms with Crippen LogP contribution in [0.1, 0.15) is 40.0 Å². The summed E-state index contributed by atoms with van der Waals surface area (Å²) >= 11 is 0. The SMILES string of the molecule is CC(=O)[N]CCN1[C@H](C)CCC[C@@H]1C. The van der Waals surface area contributed by atoms with Gasteiger partial charge in [-0.25, -0.2) is 0 Å². The number of rotatable bonds is 3. The van der Waals surface area contributed by atoms with E-state index < -0.39 is 0 Å². The normalized spacial score (nSPS) is 28.8. The summed E-state index contributed by atoms with van der Waals surface area (Å²) in [4.78, 5) is 13.1. The largest absolute Gasteiger partial charge is 0.296 e. The summed E-state index contributed by atoms with van der Waals surface area (Å²) in [7, 11) is 0. The molecule has 0 aromatic heterocycles. The molecule has 1 heterocycles. The van der Waals surface area contributed by atoms with Crippen molar-refractivity contribution in [2.24, 2.45) is 0 Å². The van der Waals surface area contributed by atoms with Crippen molar-refractivity contribution in [3.63, 3.8) is 0 Å². The van der Waals surface area contributed by atoms with Gasteiger partial charge in [0.05, 0.1) is 6.54 Å². The van der Waals surface area contributed by atoms with E-state index in [9.17, 15) is 4.79 Å². The maximum absolute atomic E-state index is 10.7. The highest BCUT2D eigenvalue weighted by Crippen LogP contribution is 2.21. The average molecular weight is 197 g/mol. The Morgan fingerprint density at radius 2 is 1.93 bits per heavy atom. The van der Waals surface area contributed by atoms with Crippen LogP contribution in [0.5, 0.6) is 0 Å². The Bertz CT molecular complexity index is 184. The lowest BCUT2D eigenvalue weighted by atomic mass is 9.98. The van der Waals surface area contributed by atoms with Gasteiger partial charge in [0.2, 0.25) is 5.91 Å². The van der Waals surface area contributed by atoms with Gasteiger partial charge in [0, 0.05) is 25.6 Å². The summed E-state index contributed by atoms with van der Waals surface area (Å²) in [6.07, 6.45) is 3.90. The lowest BCUT2D eigenvalue weighted by Crippen LogP contribution is -2.46. The highest BCUT2D eigenvalue weighted by molar-refractivity contribution is 5.72. The van der Waals surface area contributed by atoms with Gasteiger partial charge in [0.25, 0.3) is 0 Å². The number of hydrogen-bond donors (Lipinski definition) is 0. The quantitative estimate of drug-likeness (QED) is 0.685. The molecule has 1 radical (unpaired) electrons. The monoisotopic (exact) mass is 197 g/mol. The Kier molecular flexibility index (Phi) is 4.39. The molecular weight excluding hydrogens is 176 g/mol. The van der Waals surface area contributed by atoms with Crippen LogP contribution in [0.2, 0.25) is 0 Å². The second-order valence-electron chi connectivity index (χ2n) is 4.27. The maximum Gasteiger partial charge on any atom is 0.238 e. The van der Waals surface area contributed by atoms with Gasteiger partial charge in [0.1, 0.15) is 0 Å². The van der Waals surface area contributed by atoms with Gasteiger partial charge in [-0.3, -0.25) is 15.0 Å². The van der Waals surface area contributed by atoms with Crippen molar-refractivity contribution in [1.82, 2.24) is 10.2 Å². The van der Waals surface area contributed by atoms with Crippen LogP contribution in [0.15, 0.2) is 0 Å². The van der Waals surface area contributed by atoms with E-state index >= 15 is 0 Å². The number of piperidine rings is 1. The van der Waals surface area contributed by atoms with E-state index in [1.54, 1.807) is 0 Å². The standard InChI is InChI=1S/C11H21N2O/c1-9-5-4-6-10(2)13(9)8-7-12-11(3)14/h9-10H,4-8H2,1-3H3/t9-,10+. The first-order valence-electron chi connectivity index (χ1n) is 5.55. The minimum absolute atomic E-state index is 0.0534. The fraction of sp³-hybridized carbons (Fsp3) is 0.909. The van der Waals surface area contributed by atoms with Crippen LogP contribution in [0.3, 0.4) is 0 Å². The van der Waals surface area contributed by atoms with E-state index in [0.29, 0.717) is 18.6 Å². The summed E-state index contributed by atoms with van der Waals surface area (Å²) in [6.45, 7) is 7.64. The zero-order valence-corrected chi connectivity index (χ0v) is 9.49. The predicted molar refractivity (Wildman–Crippen MR) is 57.2 cm³/mol. The van der Waals surface area contributed by atoms with Gasteiger partial charge in [-0.05, 0) is 26.7 Å². The van der Waals surface area contributed by atoms with Gasteiger partial charge in [0.15, 0.2) is 0 Å². The number of carbonyl (C=O) groups is 1. The first kappa shape index (κ1) is 11.5. The van der Waals surface area contributed by atoms with Crippen molar-refractivity contribution in [2.75, 3.05) is 13.1 Å². The molecule has 0 spiro atoms. The molecule has 0 N–H and O–H groups in total. The molecule has 1 aliphatic heterocycles. The number of hydrogen-bond acceptors (Lipinski definition) is 2. The molecule has 1 rings (SSSR count). The summed E-state index contributed by atoms with van der Waals surface area (Å²) < 4.78 is 0. The van der Waals surface area contributed by atoms with Crippen LogP contribution in [-0.4, -0.2) is 36.0 Å². The zero-order chi connectivity index (χ0) is 10.6. The van der Waals surface area contributed by atoms with E-state index in [1.807, 2.05) is 0 Å². The lowest BCUT2D eigenvalue weighted by molar-refractivity contribution is -0.119. The smallest absolute Gasteiger partial charge is 0.238 e. The highest BCUT2D eigenvalue weighted by atomic mass is 16.1. The third-order valence-electron chi connectivity index (χ3n) is 3.07. The van der Waals surface area contributed by atoms with Gasteiger partial charge in [-0.15, -0.1) is 0 Å². The minimum atomic E-state index is -0.0534. The molecule has 81 valence electrons. The molecule has 3 nitrogen and oxygen atoms in total. The van der Waals surface area contributed by atoms with E-state index in [1.165, 1.54) is 26.2 Å². The van der Waals surface area contributed by atoms with Crippen LogP contribution >= 0.6 is 0 Å². The molecular formula is C11H21N2O. The van der Waals surface area contributed by atoms with E-state index in [2.05, 4.69) is 24.1 Å². The molecule has 1 aliphatic rings. The molecule has 1 fully saturated rings. The van der Waals surface area contributed by atoms with Crippen LogP contribution in [0, 0.1) is 0 Å². The van der Waals surface area contributed by atoms with Gasteiger partial charge in [-0.2, -0.15) is 0 Å². The average Bonchev–Trinajstić information content (AvgIpc) is 2.09. The Balaban J connectivity index is 2.29. The highest BCUT2D eigenvalue weighted by Gasteiger charge is 2.23. The number of amides is 1. The predicted octanol–water partition coefficient (Wildman–Crippen LogP) is 1.40. The molecule has 2 atom stereocenters. The Morgan fingerprint density at radius 1 is 1.36 bits per heavy atom. The van der Waals surface area contributed by atoms with Gasteiger partial charge >= 0.3 is 0 Å². The molecule has 0 aromatic rings. The first-order valence-corrected chi connectivity index (χ1v) is 5.55. The number of likely N-dealkylation sites (tertiary alicyclic amines) is 1. The molecule has 0 aromatic carbocycles. The molecule has 0 bridgehead atoms. The summed E-state index contributed by atoms with van der Waals surface area (Å²) in [6, 6.07) is 1.31. The van der Waals surface area contributed by atoms with Crippen LogP contribution in [0.25, 0.3) is 0 Å². The van der Waals surface area contributed by atoms with E-state index in [4.69, 9.17) is 0 Å². The molecule has 14 heavy (non-hydrogen) atoms. The molecule has 0 aliphatic carbocycles. The minimum Gasteiger partial charge on any atom is -0.296 e. The van der Waals surface area contributed by atoms with Crippen molar-refractivity contribution in [3.05, 3.63) is 0 Å². The first-order chi connectivity index (χ1) is 6.61. The fourth-order valence-electron chi connectivity index (χ4n) is 2.24. The number of nitrogens with zero attached hydrogens (tertiary/aromatic N) is 2. The van der Waals surface area contributed by atoms with Gasteiger partial charge in [-0.1, -0.05) is 6.42 Å². The molecule has 1 saturated heterocycles. The summed E-state index contributed by atoms with van der Waals surface area (Å²) in [5.41, 5.74) is 0. The second kappa shape index (κ2) is 5.35. The van der Waals surface area contributed by atoms with Crippen molar-refractivity contribution in [2.45, 2.75) is 52.1 Å². The second-order valence-corrected chi connectivity index (χ2v) is 4.27. The lowest BCUT2D eigenvalue weighted by Gasteiger charge is -2.38. The van der Waals surface area contributed by atoms with Crippen LogP contribution < -0.4 is 5.32 Å². The van der Waals surface area contributed by atoms with Crippen molar-refractivity contribution in [1.29, 1.82) is 0 Å². The van der Waals surface area contributed by atoms with Crippen molar-refractivity contribution in [3.8, 4) is 0 Å². The molecule has 0 saturated carbocycles. The third-order valence-corrected chi connectivity index (χ3v) is 3.07. The molecule has 1 amide bonds. The van der Waals surface area contributed by atoms with Crippen LogP contribution in [0.4, 0.5) is 0 Å². The van der Waals surface area contributed by atoms with Crippen molar-refractivity contribution >= 4 is 5.91 Å². The third kappa shape index (κ3) is 3.29. The molecule has 3 heteroatoms. The Morgan fingerprint density at radius 3 is 2.43 bits per heavy atom. The van der Waals surface area contributed by atoms with E-state index in [0.717, 1.165) is 6.54 Å². The van der Waals surface area contributed by atoms with Gasteiger partial charge < -0.3 is 0 Å². The fourth-order valence-corrected chi connectivity index (χ4v) is 2.24.